The number of hydrogen-bond acceptors (Lipinski definition) is 2. The Balaban J connectivity index is 2.09. The summed E-state index contributed by atoms with van der Waals surface area (Å²) in [6.45, 7) is 1.51. The normalized spacial score (nSPS) is 11.9. The fraction of sp³-hybridized carbons (Fsp3) is 0.133. The van der Waals surface area contributed by atoms with Crippen molar-refractivity contribution < 1.29 is 13.9 Å². The van der Waals surface area contributed by atoms with Crippen molar-refractivity contribution in [2.75, 3.05) is 5.32 Å². The van der Waals surface area contributed by atoms with Crippen LogP contribution in [0, 0.1) is 5.82 Å². The molecule has 3 nitrogen and oxygen atoms in total. The van der Waals surface area contributed by atoms with Crippen LogP contribution in [-0.4, -0.2) is 12.0 Å². The highest BCUT2D eigenvalue weighted by Crippen LogP contribution is 2.34. The van der Waals surface area contributed by atoms with Crippen LogP contribution in [-0.2, 0) is 4.79 Å². The first-order valence-corrected chi connectivity index (χ1v) is 7.38. The van der Waals surface area contributed by atoms with E-state index in [4.69, 9.17) is 39.5 Å². The summed E-state index contributed by atoms with van der Waals surface area (Å²) < 4.78 is 18.9. The van der Waals surface area contributed by atoms with Crippen molar-refractivity contribution in [1.29, 1.82) is 0 Å². The molecule has 2 aromatic rings. The number of hydrogen-bond donors (Lipinski definition) is 1. The zero-order chi connectivity index (χ0) is 16.3. The highest BCUT2D eigenvalue weighted by Gasteiger charge is 2.18. The Kier molecular flexibility index (Phi) is 5.51. The first-order chi connectivity index (χ1) is 10.4. The highest BCUT2D eigenvalue weighted by atomic mass is 35.5. The number of rotatable bonds is 4. The van der Waals surface area contributed by atoms with E-state index in [-0.39, 0.29) is 26.5 Å². The average Bonchev–Trinajstić information content (AvgIpc) is 2.47. The second kappa shape index (κ2) is 7.18. The molecular weight excluding hydrogens is 352 g/mol. The van der Waals surface area contributed by atoms with E-state index in [1.54, 1.807) is 6.07 Å². The van der Waals surface area contributed by atoms with Crippen molar-refractivity contribution in [1.82, 2.24) is 0 Å². The van der Waals surface area contributed by atoms with E-state index in [0.717, 1.165) is 0 Å². The van der Waals surface area contributed by atoms with Gasteiger partial charge < -0.3 is 10.1 Å². The number of carbonyl (C=O) groups is 1. The summed E-state index contributed by atoms with van der Waals surface area (Å²) in [6, 6.07) is 8.67. The van der Waals surface area contributed by atoms with Crippen LogP contribution >= 0.6 is 34.8 Å². The van der Waals surface area contributed by atoms with Crippen molar-refractivity contribution in [3.63, 3.8) is 0 Å². The van der Waals surface area contributed by atoms with Gasteiger partial charge in [-0.2, -0.15) is 0 Å². The van der Waals surface area contributed by atoms with E-state index < -0.39 is 17.8 Å². The van der Waals surface area contributed by atoms with E-state index in [1.165, 1.54) is 37.3 Å². The Morgan fingerprint density at radius 2 is 1.77 bits per heavy atom. The molecule has 0 aliphatic carbocycles. The molecule has 116 valence electrons. The van der Waals surface area contributed by atoms with E-state index in [0.29, 0.717) is 0 Å². The Hall–Kier alpha value is -1.49. The first-order valence-electron chi connectivity index (χ1n) is 6.25. The summed E-state index contributed by atoms with van der Waals surface area (Å²) in [5.74, 6) is -0.838. The van der Waals surface area contributed by atoms with Crippen LogP contribution in [0.25, 0.3) is 0 Å². The van der Waals surface area contributed by atoms with Crippen molar-refractivity contribution >= 4 is 46.4 Å². The van der Waals surface area contributed by atoms with Gasteiger partial charge in [0.2, 0.25) is 0 Å². The molecule has 0 bridgehead atoms. The lowest BCUT2D eigenvalue weighted by atomic mass is 10.2. The number of para-hydroxylation sites is 1. The van der Waals surface area contributed by atoms with Gasteiger partial charge in [0, 0.05) is 6.07 Å². The van der Waals surface area contributed by atoms with E-state index >= 15 is 0 Å². The molecule has 0 spiro atoms. The number of halogens is 4. The fourth-order valence-corrected chi connectivity index (χ4v) is 2.22. The van der Waals surface area contributed by atoms with E-state index in [2.05, 4.69) is 5.32 Å². The number of nitrogens with one attached hydrogen (secondary N) is 1. The minimum Gasteiger partial charge on any atom is -0.479 e. The number of ether oxygens (including phenoxy) is 1. The van der Waals surface area contributed by atoms with Gasteiger partial charge in [-0.15, -0.1) is 0 Å². The smallest absolute Gasteiger partial charge is 0.265 e. The van der Waals surface area contributed by atoms with Crippen LogP contribution in [0.2, 0.25) is 15.1 Å². The molecule has 0 radical (unpaired) electrons. The summed E-state index contributed by atoms with van der Waals surface area (Å²) in [5, 5.41) is 3.19. The topological polar surface area (TPSA) is 38.3 Å². The molecule has 0 fully saturated rings. The molecule has 0 aliphatic heterocycles. The molecule has 2 rings (SSSR count). The lowest BCUT2D eigenvalue weighted by Gasteiger charge is -2.16. The Morgan fingerprint density at radius 3 is 2.45 bits per heavy atom. The number of amides is 1. The van der Waals surface area contributed by atoms with Gasteiger partial charge in [0.15, 0.2) is 6.10 Å². The van der Waals surface area contributed by atoms with Crippen LogP contribution in [0.15, 0.2) is 36.4 Å². The highest BCUT2D eigenvalue weighted by molar-refractivity contribution is 6.43. The van der Waals surface area contributed by atoms with Gasteiger partial charge in [-0.3, -0.25) is 4.79 Å². The molecule has 0 heterocycles. The number of anilines is 1. The molecule has 0 unspecified atom stereocenters. The van der Waals surface area contributed by atoms with Gasteiger partial charge in [0.05, 0.1) is 20.8 Å². The second-order valence-corrected chi connectivity index (χ2v) is 5.65. The Bertz CT molecular complexity index is 709. The molecule has 22 heavy (non-hydrogen) atoms. The Labute approximate surface area is 141 Å². The molecule has 0 saturated heterocycles. The zero-order valence-corrected chi connectivity index (χ0v) is 13.6. The van der Waals surface area contributed by atoms with Crippen LogP contribution < -0.4 is 10.1 Å². The van der Waals surface area contributed by atoms with Crippen LogP contribution in [0.4, 0.5) is 10.1 Å². The van der Waals surface area contributed by atoms with Crippen LogP contribution in [0.1, 0.15) is 6.92 Å². The average molecular weight is 363 g/mol. The summed E-state index contributed by atoms with van der Waals surface area (Å²) >= 11 is 17.7. The fourth-order valence-electron chi connectivity index (χ4n) is 1.64. The maximum Gasteiger partial charge on any atom is 0.265 e. The van der Waals surface area contributed by atoms with Crippen molar-refractivity contribution in [3.8, 4) is 5.75 Å². The van der Waals surface area contributed by atoms with Gasteiger partial charge in [-0.05, 0) is 25.1 Å². The molecule has 0 aliphatic rings. The minimum atomic E-state index is -0.908. The van der Waals surface area contributed by atoms with Gasteiger partial charge in [0.1, 0.15) is 11.6 Å². The van der Waals surface area contributed by atoms with Crippen molar-refractivity contribution in [3.05, 3.63) is 57.3 Å². The summed E-state index contributed by atoms with van der Waals surface area (Å²) in [5.41, 5.74) is 0.0724. The summed E-state index contributed by atoms with van der Waals surface area (Å²) in [4.78, 5) is 12.0. The van der Waals surface area contributed by atoms with Gasteiger partial charge in [-0.1, -0.05) is 46.9 Å². The Morgan fingerprint density at radius 1 is 1.14 bits per heavy atom. The standard InChI is InChI=1S/C15H11Cl3FNO2/c1-8(15(21)20-13-5-3-2-4-12(13)19)22-14-7-10(17)9(16)6-11(14)18/h2-8H,1H3,(H,20,21)/t8-/m1/s1. The molecule has 0 saturated carbocycles. The number of benzene rings is 2. The van der Waals surface area contributed by atoms with Gasteiger partial charge in [0.25, 0.3) is 5.91 Å². The van der Waals surface area contributed by atoms with Crippen molar-refractivity contribution in [2.24, 2.45) is 0 Å². The maximum atomic E-state index is 13.5. The molecule has 2 aromatic carbocycles. The third-order valence-corrected chi connectivity index (χ3v) is 3.80. The van der Waals surface area contributed by atoms with Gasteiger partial charge in [-0.25, -0.2) is 4.39 Å². The lowest BCUT2D eigenvalue weighted by Crippen LogP contribution is -2.30. The number of carbonyl (C=O) groups excluding carboxylic acids is 1. The summed E-state index contributed by atoms with van der Waals surface area (Å²) in [7, 11) is 0. The predicted molar refractivity (Wildman–Crippen MR) is 86.6 cm³/mol. The third-order valence-electron chi connectivity index (χ3n) is 2.78. The van der Waals surface area contributed by atoms with E-state index in [9.17, 15) is 9.18 Å². The third kappa shape index (κ3) is 4.03. The van der Waals surface area contributed by atoms with Crippen LogP contribution in [0.5, 0.6) is 5.75 Å². The van der Waals surface area contributed by atoms with Crippen LogP contribution in [0.3, 0.4) is 0 Å². The predicted octanol–water partition coefficient (Wildman–Crippen LogP) is 5.19. The quantitative estimate of drug-likeness (QED) is 0.760. The molecule has 7 heteroatoms. The lowest BCUT2D eigenvalue weighted by molar-refractivity contribution is -0.122. The molecular formula is C15H11Cl3FNO2. The maximum absolute atomic E-state index is 13.5. The van der Waals surface area contributed by atoms with Gasteiger partial charge >= 0.3 is 0 Å². The zero-order valence-electron chi connectivity index (χ0n) is 11.4. The SMILES string of the molecule is C[C@@H](Oc1cc(Cl)c(Cl)cc1Cl)C(=O)Nc1ccccc1F. The largest absolute Gasteiger partial charge is 0.479 e. The van der Waals surface area contributed by atoms with Crippen molar-refractivity contribution in [2.45, 2.75) is 13.0 Å². The van der Waals surface area contributed by atoms with E-state index in [1.807, 2.05) is 0 Å². The molecule has 1 N–H and O–H groups in total. The summed E-state index contributed by atoms with van der Waals surface area (Å²) in [6.07, 6.45) is -0.908. The second-order valence-electron chi connectivity index (χ2n) is 4.43. The molecule has 0 aromatic heterocycles. The molecule has 1 amide bonds. The first kappa shape index (κ1) is 16.9. The monoisotopic (exact) mass is 361 g/mol. The molecule has 1 atom stereocenters. The minimum absolute atomic E-state index is 0.0724.